The van der Waals surface area contributed by atoms with E-state index < -0.39 is 28.2 Å². The summed E-state index contributed by atoms with van der Waals surface area (Å²) in [6.45, 7) is 0. The average Bonchev–Trinajstić information content (AvgIpc) is 3.33. The van der Waals surface area contributed by atoms with Gasteiger partial charge in [-0.3, -0.25) is 0 Å². The number of alkyl halides is 8. The lowest BCUT2D eigenvalue weighted by atomic mass is 9.61. The monoisotopic (exact) mass is 632 g/mol. The molecule has 0 N–H and O–H groups in total. The predicted molar refractivity (Wildman–Crippen MR) is 126 cm³/mol. The molecule has 0 aromatic carbocycles. The fourth-order valence-electron chi connectivity index (χ4n) is 7.72. The second-order valence-corrected chi connectivity index (χ2v) is 15.5. The Kier molecular flexibility index (Phi) is 4.39. The Labute approximate surface area is 227 Å². The zero-order valence-corrected chi connectivity index (χ0v) is 22.8. The van der Waals surface area contributed by atoms with E-state index in [1.807, 2.05) is 0 Å². The van der Waals surface area contributed by atoms with E-state index in [4.69, 9.17) is 139 Å². The molecule has 0 aromatic heterocycles. The van der Waals surface area contributed by atoms with Crippen molar-refractivity contribution in [2.45, 2.75) is 34.6 Å². The van der Waals surface area contributed by atoms with E-state index in [0.717, 1.165) is 0 Å². The summed E-state index contributed by atoms with van der Waals surface area (Å²) < 4.78 is -3.25. The molecule has 0 nitrogen and oxygen atoms in total. The lowest BCUT2D eigenvalue weighted by molar-refractivity contribution is 0.0959. The first-order chi connectivity index (χ1) is 13.1. The molecule has 0 aliphatic heterocycles. The van der Waals surface area contributed by atoms with Crippen molar-refractivity contribution in [2.24, 2.45) is 35.5 Å². The lowest BCUT2D eigenvalue weighted by Crippen LogP contribution is -2.51. The van der Waals surface area contributed by atoms with Crippen LogP contribution >= 0.6 is 139 Å². The summed E-state index contributed by atoms with van der Waals surface area (Å²) in [5.74, 6) is -1.48. The van der Waals surface area contributed by atoms with Gasteiger partial charge in [0, 0.05) is 0 Å². The zero-order valence-electron chi connectivity index (χ0n) is 13.7. The summed E-state index contributed by atoms with van der Waals surface area (Å²) >= 11 is 81.8. The van der Waals surface area contributed by atoms with E-state index in [1.165, 1.54) is 0 Å². The molecule has 0 spiro atoms. The molecule has 29 heavy (non-hydrogen) atoms. The Morgan fingerprint density at radius 3 is 0.862 bits per heavy atom. The fraction of sp³-hybridized carbons (Fsp3) is 0.765. The molecule has 0 heterocycles. The standard InChI is InChI=1S/C17H8Cl12/c18-8-10(20)14(24)6-3-1-2(4(6)12(8,22)16(14,26)27)5-7(3)15(25)11(21)9(19)13(5,23)17(15,28)29/h2-7H,1H2/t2?,3?,4-,5+,6?,7?,12+,13?,14-,15?/m0/s1. The zero-order chi connectivity index (χ0) is 21.5. The van der Waals surface area contributed by atoms with Crippen molar-refractivity contribution in [3.63, 3.8) is 0 Å². The van der Waals surface area contributed by atoms with Gasteiger partial charge in [-0.15, -0.1) is 46.4 Å². The third-order valence-electron chi connectivity index (χ3n) is 8.49. The topological polar surface area (TPSA) is 0 Å². The molecule has 10 atom stereocenters. The SMILES string of the molecule is ClC1=C(Cl)C2(Cl)[C@@H]3C4CC(C3C1(Cl)C2(Cl)Cl)C1[C@H]4[C@@]2(Cl)C(Cl)=C(Cl)[C@]1(Cl)C2(Cl)Cl. The van der Waals surface area contributed by atoms with Crippen LogP contribution in [0.4, 0.5) is 0 Å². The van der Waals surface area contributed by atoms with Gasteiger partial charge in [-0.1, -0.05) is 92.8 Å². The highest BCUT2D eigenvalue weighted by molar-refractivity contribution is 6.67. The Morgan fingerprint density at radius 1 is 0.448 bits per heavy atom. The molecule has 0 amide bonds. The van der Waals surface area contributed by atoms with Crippen LogP contribution in [0.3, 0.4) is 0 Å². The third-order valence-corrected chi connectivity index (χ3v) is 17.1. The molecule has 6 rings (SSSR count). The maximum absolute atomic E-state index is 7.09. The van der Waals surface area contributed by atoms with Crippen molar-refractivity contribution >= 4 is 139 Å². The molecule has 6 aliphatic carbocycles. The minimum atomic E-state index is -1.62. The van der Waals surface area contributed by atoms with Gasteiger partial charge < -0.3 is 0 Å². The first-order valence-corrected chi connectivity index (χ1v) is 13.3. The summed E-state index contributed by atoms with van der Waals surface area (Å²) in [5, 5.41) is 0.671. The second kappa shape index (κ2) is 5.68. The first-order valence-electron chi connectivity index (χ1n) is 8.74. The van der Waals surface area contributed by atoms with Crippen LogP contribution in [0.5, 0.6) is 0 Å². The lowest BCUT2D eigenvalue weighted by Gasteiger charge is -2.49. The van der Waals surface area contributed by atoms with Gasteiger partial charge in [0.05, 0.1) is 20.1 Å². The highest BCUT2D eigenvalue weighted by atomic mass is 35.5. The van der Waals surface area contributed by atoms with E-state index in [-0.39, 0.29) is 55.6 Å². The molecular formula is C17H8Cl12. The van der Waals surface area contributed by atoms with E-state index >= 15 is 0 Å². The Bertz CT molecular complexity index is 825. The highest BCUT2D eigenvalue weighted by Crippen LogP contribution is 2.90. The summed E-state index contributed by atoms with van der Waals surface area (Å²) in [6, 6.07) is 0. The molecule has 160 valence electrons. The summed E-state index contributed by atoms with van der Waals surface area (Å²) in [6.07, 6.45) is 0.715. The fourth-order valence-corrected chi connectivity index (χ4v) is 14.0. The maximum atomic E-state index is 7.09. The van der Waals surface area contributed by atoms with Crippen molar-refractivity contribution in [3.8, 4) is 0 Å². The van der Waals surface area contributed by atoms with Crippen LogP contribution in [0, 0.1) is 35.5 Å². The van der Waals surface area contributed by atoms with Crippen LogP contribution in [-0.4, -0.2) is 28.2 Å². The van der Waals surface area contributed by atoms with Crippen LogP contribution in [0.25, 0.3) is 0 Å². The Balaban J connectivity index is 1.62. The van der Waals surface area contributed by atoms with Gasteiger partial charge in [-0.05, 0) is 41.9 Å². The van der Waals surface area contributed by atoms with Gasteiger partial charge in [0.1, 0.15) is 19.5 Å². The molecule has 0 aromatic rings. The van der Waals surface area contributed by atoms with Crippen LogP contribution in [0.15, 0.2) is 20.1 Å². The number of allylic oxidation sites excluding steroid dienone is 4. The highest BCUT2D eigenvalue weighted by Gasteiger charge is 2.94. The van der Waals surface area contributed by atoms with Gasteiger partial charge in [-0.2, -0.15) is 0 Å². The largest absolute Gasteiger partial charge is 0.166 e. The van der Waals surface area contributed by atoms with Crippen molar-refractivity contribution < 1.29 is 0 Å². The van der Waals surface area contributed by atoms with Crippen molar-refractivity contribution in [1.29, 1.82) is 0 Å². The minimum absolute atomic E-state index is 0.128. The predicted octanol–water partition coefficient (Wildman–Crippen LogP) is 8.79. The van der Waals surface area contributed by atoms with Crippen LogP contribution in [0.1, 0.15) is 6.42 Å². The van der Waals surface area contributed by atoms with Crippen molar-refractivity contribution in [1.82, 2.24) is 0 Å². The number of fused-ring (bicyclic) bond motifs is 16. The number of halogens is 12. The molecule has 4 fully saturated rings. The molecular weight excluding hydrogens is 630 g/mol. The van der Waals surface area contributed by atoms with E-state index in [9.17, 15) is 0 Å². The Morgan fingerprint density at radius 2 is 0.655 bits per heavy atom. The number of rotatable bonds is 0. The third kappa shape index (κ3) is 1.72. The van der Waals surface area contributed by atoms with Crippen LogP contribution in [0.2, 0.25) is 0 Å². The van der Waals surface area contributed by atoms with Gasteiger partial charge >= 0.3 is 0 Å². The molecule has 6 aliphatic rings. The van der Waals surface area contributed by atoms with E-state index in [2.05, 4.69) is 0 Å². The van der Waals surface area contributed by atoms with Crippen molar-refractivity contribution in [2.75, 3.05) is 0 Å². The summed E-state index contributed by atoms with van der Waals surface area (Å²) in [5.41, 5.74) is 0. The van der Waals surface area contributed by atoms with E-state index in [1.54, 1.807) is 0 Å². The first kappa shape index (κ1) is 22.4. The van der Waals surface area contributed by atoms with E-state index in [0.29, 0.717) is 6.42 Å². The van der Waals surface area contributed by atoms with Gasteiger partial charge in [0.25, 0.3) is 0 Å². The minimum Gasteiger partial charge on any atom is -0.109 e. The normalized spacial score (nSPS) is 62.5. The second-order valence-electron chi connectivity index (χ2n) is 8.92. The average molecular weight is 638 g/mol. The van der Waals surface area contributed by atoms with Gasteiger partial charge in [0.15, 0.2) is 8.67 Å². The molecule has 6 unspecified atom stereocenters. The van der Waals surface area contributed by atoms with Crippen molar-refractivity contribution in [3.05, 3.63) is 20.1 Å². The van der Waals surface area contributed by atoms with Gasteiger partial charge in [-0.25, -0.2) is 0 Å². The Hall–Kier alpha value is 2.96. The molecule has 0 saturated heterocycles. The molecule has 6 bridgehead atoms. The molecule has 4 saturated carbocycles. The maximum Gasteiger partial charge on any atom is 0.166 e. The quantitative estimate of drug-likeness (QED) is 0.184. The van der Waals surface area contributed by atoms with Crippen LogP contribution in [-0.2, 0) is 0 Å². The number of hydrogen-bond acceptors (Lipinski definition) is 0. The molecule has 12 heteroatoms. The van der Waals surface area contributed by atoms with Gasteiger partial charge in [0.2, 0.25) is 0 Å². The number of hydrogen-bond donors (Lipinski definition) is 0. The van der Waals surface area contributed by atoms with Crippen LogP contribution < -0.4 is 0 Å². The molecule has 0 radical (unpaired) electrons. The smallest absolute Gasteiger partial charge is 0.109 e. The summed E-state index contributed by atoms with van der Waals surface area (Å²) in [7, 11) is 0. The summed E-state index contributed by atoms with van der Waals surface area (Å²) in [4.78, 5) is -5.49.